The monoisotopic (exact) mass is 284 g/mol. The molecule has 0 saturated heterocycles. The second-order valence-corrected chi connectivity index (χ2v) is 4.23. The zero-order valence-corrected chi connectivity index (χ0v) is 12.3. The third-order valence-electron chi connectivity index (χ3n) is 2.99. The molecule has 0 heterocycles. The molecule has 0 radical (unpaired) electrons. The van der Waals surface area contributed by atoms with Crippen molar-refractivity contribution in [3.63, 3.8) is 0 Å². The number of hydrazine groups is 1. The van der Waals surface area contributed by atoms with Gasteiger partial charge in [0.1, 0.15) is 0 Å². The molecule has 6 nitrogen and oxygen atoms in total. The maximum Gasteiger partial charge on any atom is 0.161 e. The number of hydrogen-bond acceptors (Lipinski definition) is 6. The highest BCUT2D eigenvalue weighted by Gasteiger charge is 2.13. The Kier molecular flexibility index (Phi) is 7.98. The number of nitrogens with two attached hydrogens (primary N) is 1. The summed E-state index contributed by atoms with van der Waals surface area (Å²) < 4.78 is 20.9. The first-order valence-electron chi connectivity index (χ1n) is 6.51. The van der Waals surface area contributed by atoms with Gasteiger partial charge in [-0.1, -0.05) is 6.07 Å². The van der Waals surface area contributed by atoms with E-state index in [0.29, 0.717) is 31.3 Å². The van der Waals surface area contributed by atoms with Crippen LogP contribution in [0.25, 0.3) is 0 Å². The van der Waals surface area contributed by atoms with Crippen LogP contribution in [0, 0.1) is 0 Å². The van der Waals surface area contributed by atoms with Crippen molar-refractivity contribution < 1.29 is 18.9 Å². The molecule has 1 aromatic rings. The molecule has 1 rings (SSSR count). The summed E-state index contributed by atoms with van der Waals surface area (Å²) in [6.07, 6.45) is 0.760. The number of ether oxygens (including phenoxy) is 4. The lowest BCUT2D eigenvalue weighted by molar-refractivity contribution is 0.0657. The second kappa shape index (κ2) is 9.55. The first-order valence-corrected chi connectivity index (χ1v) is 6.51. The molecule has 20 heavy (non-hydrogen) atoms. The zero-order chi connectivity index (χ0) is 14.8. The first kappa shape index (κ1) is 16.7. The van der Waals surface area contributed by atoms with E-state index in [1.165, 1.54) is 0 Å². The lowest BCUT2D eigenvalue weighted by atomic mass is 10.0. The minimum atomic E-state index is -0.00245. The Hall–Kier alpha value is -1.34. The van der Waals surface area contributed by atoms with Crippen molar-refractivity contribution >= 4 is 0 Å². The van der Waals surface area contributed by atoms with Gasteiger partial charge in [0.15, 0.2) is 11.5 Å². The van der Waals surface area contributed by atoms with Gasteiger partial charge in [-0.15, -0.1) is 0 Å². The fourth-order valence-corrected chi connectivity index (χ4v) is 1.86. The van der Waals surface area contributed by atoms with E-state index in [9.17, 15) is 0 Å². The third-order valence-corrected chi connectivity index (χ3v) is 2.99. The molecule has 1 aromatic carbocycles. The number of rotatable bonds is 10. The van der Waals surface area contributed by atoms with Crippen LogP contribution in [-0.4, -0.2) is 41.2 Å². The van der Waals surface area contributed by atoms with Crippen molar-refractivity contribution in [1.29, 1.82) is 0 Å². The Balaban J connectivity index is 2.60. The molecular formula is C14H24N2O4. The third kappa shape index (κ3) is 4.97. The highest BCUT2D eigenvalue weighted by Crippen LogP contribution is 2.30. The molecule has 114 valence electrons. The fraction of sp³-hybridized carbons (Fsp3) is 0.571. The Bertz CT molecular complexity index is 387. The summed E-state index contributed by atoms with van der Waals surface area (Å²) in [6.45, 7) is 1.78. The lowest BCUT2D eigenvalue weighted by Gasteiger charge is -2.18. The van der Waals surface area contributed by atoms with Gasteiger partial charge >= 0.3 is 0 Å². The summed E-state index contributed by atoms with van der Waals surface area (Å²) in [6, 6.07) is 5.74. The molecular weight excluding hydrogens is 260 g/mol. The van der Waals surface area contributed by atoms with Gasteiger partial charge < -0.3 is 18.9 Å². The number of hydrogen-bond donors (Lipinski definition) is 2. The van der Waals surface area contributed by atoms with Gasteiger partial charge in [0, 0.05) is 19.8 Å². The summed E-state index contributed by atoms with van der Waals surface area (Å²) in [5.74, 6) is 6.99. The van der Waals surface area contributed by atoms with Gasteiger partial charge in [-0.25, -0.2) is 0 Å². The quantitative estimate of drug-likeness (QED) is 0.383. The molecule has 3 N–H and O–H groups in total. The number of methoxy groups -OCH3 is 3. The molecule has 6 heteroatoms. The molecule has 0 fully saturated rings. The molecule has 0 saturated carbocycles. The first-order chi connectivity index (χ1) is 9.76. The molecule has 0 aromatic heterocycles. The normalized spacial score (nSPS) is 12.2. The average Bonchev–Trinajstić information content (AvgIpc) is 2.50. The van der Waals surface area contributed by atoms with Crippen molar-refractivity contribution in [2.24, 2.45) is 5.84 Å². The Morgan fingerprint density at radius 1 is 1.05 bits per heavy atom. The lowest BCUT2D eigenvalue weighted by Crippen LogP contribution is -2.29. The Labute approximate surface area is 120 Å². The van der Waals surface area contributed by atoms with Crippen LogP contribution in [0.3, 0.4) is 0 Å². The van der Waals surface area contributed by atoms with Gasteiger partial charge in [0.25, 0.3) is 0 Å². The number of nitrogens with one attached hydrogen (secondary N) is 1. The summed E-state index contributed by atoms with van der Waals surface area (Å²) in [7, 11) is 4.87. The van der Waals surface area contributed by atoms with Gasteiger partial charge in [-0.3, -0.25) is 11.3 Å². The Morgan fingerprint density at radius 3 is 2.40 bits per heavy atom. The standard InChI is InChI=1S/C14H24N2O4/c1-17-8-9-20-7-6-12(16-15)11-4-5-13(18-2)14(10-11)19-3/h4-5,10,12,16H,6-9,15H2,1-3H3. The van der Waals surface area contributed by atoms with Crippen LogP contribution in [0.15, 0.2) is 18.2 Å². The smallest absolute Gasteiger partial charge is 0.161 e. The second-order valence-electron chi connectivity index (χ2n) is 4.23. The van der Waals surface area contributed by atoms with E-state index >= 15 is 0 Å². The highest BCUT2D eigenvalue weighted by molar-refractivity contribution is 5.43. The van der Waals surface area contributed by atoms with Gasteiger partial charge in [0.05, 0.1) is 27.4 Å². The van der Waals surface area contributed by atoms with Crippen molar-refractivity contribution in [3.05, 3.63) is 23.8 Å². The topological polar surface area (TPSA) is 75.0 Å². The minimum absolute atomic E-state index is 0.00245. The Morgan fingerprint density at radius 2 is 1.80 bits per heavy atom. The predicted octanol–water partition coefficient (Wildman–Crippen LogP) is 1.26. The highest BCUT2D eigenvalue weighted by atomic mass is 16.5. The van der Waals surface area contributed by atoms with Crippen LogP contribution in [0.4, 0.5) is 0 Å². The average molecular weight is 284 g/mol. The summed E-state index contributed by atoms with van der Waals surface area (Å²) in [4.78, 5) is 0. The molecule has 0 aliphatic carbocycles. The van der Waals surface area contributed by atoms with E-state index in [1.807, 2.05) is 18.2 Å². The minimum Gasteiger partial charge on any atom is -0.493 e. The molecule has 0 aliphatic rings. The van der Waals surface area contributed by atoms with Crippen molar-refractivity contribution in [2.75, 3.05) is 41.2 Å². The molecule has 1 unspecified atom stereocenters. The largest absolute Gasteiger partial charge is 0.493 e. The van der Waals surface area contributed by atoms with E-state index in [1.54, 1.807) is 21.3 Å². The van der Waals surface area contributed by atoms with E-state index in [0.717, 1.165) is 12.0 Å². The molecule has 0 amide bonds. The maximum absolute atomic E-state index is 5.61. The molecule has 0 aliphatic heterocycles. The molecule has 0 spiro atoms. The summed E-state index contributed by atoms with van der Waals surface area (Å²) in [5.41, 5.74) is 3.82. The van der Waals surface area contributed by atoms with Crippen LogP contribution < -0.4 is 20.7 Å². The van der Waals surface area contributed by atoms with Crippen LogP contribution >= 0.6 is 0 Å². The van der Waals surface area contributed by atoms with Crippen molar-refractivity contribution in [3.8, 4) is 11.5 Å². The molecule has 1 atom stereocenters. The van der Waals surface area contributed by atoms with E-state index in [2.05, 4.69) is 5.43 Å². The summed E-state index contributed by atoms with van der Waals surface area (Å²) in [5, 5.41) is 0. The van der Waals surface area contributed by atoms with E-state index < -0.39 is 0 Å². The van der Waals surface area contributed by atoms with Gasteiger partial charge in [-0.2, -0.15) is 0 Å². The van der Waals surface area contributed by atoms with Crippen LogP contribution in [0.1, 0.15) is 18.0 Å². The van der Waals surface area contributed by atoms with Crippen LogP contribution in [0.2, 0.25) is 0 Å². The van der Waals surface area contributed by atoms with E-state index in [4.69, 9.17) is 24.8 Å². The molecule has 0 bridgehead atoms. The number of benzene rings is 1. The van der Waals surface area contributed by atoms with Gasteiger partial charge in [-0.05, 0) is 24.1 Å². The van der Waals surface area contributed by atoms with Gasteiger partial charge in [0.2, 0.25) is 0 Å². The zero-order valence-electron chi connectivity index (χ0n) is 12.3. The van der Waals surface area contributed by atoms with Crippen LogP contribution in [-0.2, 0) is 9.47 Å². The van der Waals surface area contributed by atoms with E-state index in [-0.39, 0.29) is 6.04 Å². The fourth-order valence-electron chi connectivity index (χ4n) is 1.86. The maximum atomic E-state index is 5.61. The van der Waals surface area contributed by atoms with Crippen LogP contribution in [0.5, 0.6) is 11.5 Å². The van der Waals surface area contributed by atoms with Crippen molar-refractivity contribution in [2.45, 2.75) is 12.5 Å². The summed E-state index contributed by atoms with van der Waals surface area (Å²) >= 11 is 0. The van der Waals surface area contributed by atoms with Crippen molar-refractivity contribution in [1.82, 2.24) is 5.43 Å². The SMILES string of the molecule is COCCOCCC(NN)c1ccc(OC)c(OC)c1. The predicted molar refractivity (Wildman–Crippen MR) is 76.9 cm³/mol.